The molecule has 3 aromatic rings. The Balaban J connectivity index is 1.64. The van der Waals surface area contributed by atoms with E-state index in [1.165, 1.54) is 23.0 Å². The number of aromatic nitrogens is 5. The van der Waals surface area contributed by atoms with Crippen molar-refractivity contribution in [2.24, 2.45) is 0 Å². The number of carboxylic acids is 1. The zero-order valence-corrected chi connectivity index (χ0v) is 11.0. The van der Waals surface area contributed by atoms with Gasteiger partial charge in [-0.05, 0) is 0 Å². The molecule has 3 aromatic heterocycles. The van der Waals surface area contributed by atoms with Crippen LogP contribution in [0.4, 0.5) is 5.82 Å². The minimum absolute atomic E-state index is 0.0861. The number of anilines is 1. The fourth-order valence-corrected chi connectivity index (χ4v) is 2.48. The second-order valence-electron chi connectivity index (χ2n) is 3.93. The molecule has 0 aliphatic heterocycles. The second-order valence-corrected chi connectivity index (χ2v) is 4.87. The average molecular weight is 290 g/mol. The molecule has 0 aromatic carbocycles. The molecule has 0 unspecified atom stereocenters. The summed E-state index contributed by atoms with van der Waals surface area (Å²) in [4.78, 5) is 29.9. The summed E-state index contributed by atoms with van der Waals surface area (Å²) in [6.07, 6.45) is 3.62. The third kappa shape index (κ3) is 2.43. The summed E-state index contributed by atoms with van der Waals surface area (Å²) < 4.78 is 0. The van der Waals surface area contributed by atoms with Crippen LogP contribution in [0.1, 0.15) is 15.5 Å². The van der Waals surface area contributed by atoms with Crippen molar-refractivity contribution in [2.45, 2.75) is 6.42 Å². The smallest absolute Gasteiger partial charge is 0.355 e. The number of thiazole rings is 1. The molecule has 102 valence electrons. The van der Waals surface area contributed by atoms with Gasteiger partial charge in [-0.15, -0.1) is 11.3 Å². The van der Waals surface area contributed by atoms with Gasteiger partial charge in [0, 0.05) is 18.3 Å². The van der Waals surface area contributed by atoms with E-state index in [-0.39, 0.29) is 5.69 Å². The maximum absolute atomic E-state index is 10.7. The van der Waals surface area contributed by atoms with Crippen molar-refractivity contribution in [1.82, 2.24) is 24.9 Å². The largest absolute Gasteiger partial charge is 0.476 e. The van der Waals surface area contributed by atoms with Crippen LogP contribution in [0.15, 0.2) is 18.0 Å². The Hall–Kier alpha value is -2.55. The second kappa shape index (κ2) is 5.21. The Morgan fingerprint density at radius 2 is 2.30 bits per heavy atom. The molecule has 3 heterocycles. The van der Waals surface area contributed by atoms with Crippen LogP contribution in [0.5, 0.6) is 0 Å². The van der Waals surface area contributed by atoms with Crippen molar-refractivity contribution in [3.63, 3.8) is 0 Å². The van der Waals surface area contributed by atoms with E-state index in [0.717, 1.165) is 10.5 Å². The summed E-state index contributed by atoms with van der Waals surface area (Å²) in [5.41, 5.74) is 1.44. The summed E-state index contributed by atoms with van der Waals surface area (Å²) in [6.45, 7) is 0.595. The van der Waals surface area contributed by atoms with Gasteiger partial charge in [0.25, 0.3) is 0 Å². The van der Waals surface area contributed by atoms with Crippen molar-refractivity contribution in [1.29, 1.82) is 0 Å². The molecule has 8 nitrogen and oxygen atoms in total. The van der Waals surface area contributed by atoms with E-state index >= 15 is 0 Å². The first-order valence-electron chi connectivity index (χ1n) is 5.79. The highest BCUT2D eigenvalue weighted by molar-refractivity contribution is 7.09. The molecule has 0 aliphatic rings. The van der Waals surface area contributed by atoms with Gasteiger partial charge in [-0.2, -0.15) is 0 Å². The van der Waals surface area contributed by atoms with Gasteiger partial charge < -0.3 is 15.4 Å². The topological polar surface area (TPSA) is 117 Å². The van der Waals surface area contributed by atoms with Crippen LogP contribution in [0, 0.1) is 0 Å². The maximum Gasteiger partial charge on any atom is 0.355 e. The minimum Gasteiger partial charge on any atom is -0.476 e. The Morgan fingerprint density at radius 1 is 1.40 bits per heavy atom. The molecule has 0 radical (unpaired) electrons. The van der Waals surface area contributed by atoms with Crippen molar-refractivity contribution in [2.75, 3.05) is 11.9 Å². The Morgan fingerprint density at radius 3 is 3.10 bits per heavy atom. The van der Waals surface area contributed by atoms with E-state index in [4.69, 9.17) is 5.11 Å². The molecular weight excluding hydrogens is 280 g/mol. The fraction of sp³-hybridized carbons (Fsp3) is 0.182. The van der Waals surface area contributed by atoms with Gasteiger partial charge >= 0.3 is 5.97 Å². The summed E-state index contributed by atoms with van der Waals surface area (Å²) in [5.74, 6) is -0.335. The van der Waals surface area contributed by atoms with Gasteiger partial charge in [0.2, 0.25) is 0 Å². The number of H-pyrrole nitrogens is 1. The van der Waals surface area contributed by atoms with Crippen LogP contribution >= 0.6 is 11.3 Å². The molecule has 3 N–H and O–H groups in total. The number of carbonyl (C=O) groups is 1. The van der Waals surface area contributed by atoms with Gasteiger partial charge in [-0.3, -0.25) is 0 Å². The van der Waals surface area contributed by atoms with Crippen molar-refractivity contribution >= 4 is 34.3 Å². The predicted molar refractivity (Wildman–Crippen MR) is 73.0 cm³/mol. The molecule has 0 spiro atoms. The first-order valence-corrected chi connectivity index (χ1v) is 6.67. The summed E-state index contributed by atoms with van der Waals surface area (Å²) in [7, 11) is 0. The molecular formula is C11H10N6O2S. The van der Waals surface area contributed by atoms with E-state index in [2.05, 4.69) is 30.2 Å². The predicted octanol–water partition coefficient (Wildman–Crippen LogP) is 1.16. The normalized spacial score (nSPS) is 10.8. The van der Waals surface area contributed by atoms with Gasteiger partial charge in [0.15, 0.2) is 17.2 Å². The number of aromatic amines is 1. The van der Waals surface area contributed by atoms with Crippen LogP contribution in [0.2, 0.25) is 0 Å². The highest BCUT2D eigenvalue weighted by Crippen LogP contribution is 2.15. The minimum atomic E-state index is -1.00. The van der Waals surface area contributed by atoms with Gasteiger partial charge in [-0.1, -0.05) is 0 Å². The number of rotatable bonds is 5. The first kappa shape index (κ1) is 12.5. The monoisotopic (exact) mass is 290 g/mol. The SMILES string of the molecule is O=C(O)c1csc(CCNc2ncnc3nc[nH]c23)n1. The number of nitrogens with zero attached hydrogens (tertiary/aromatic N) is 4. The van der Waals surface area contributed by atoms with Crippen LogP contribution in [-0.4, -0.2) is 42.5 Å². The zero-order valence-electron chi connectivity index (χ0n) is 10.2. The third-order valence-corrected chi connectivity index (χ3v) is 3.53. The summed E-state index contributed by atoms with van der Waals surface area (Å²) >= 11 is 1.33. The van der Waals surface area contributed by atoms with E-state index in [0.29, 0.717) is 24.4 Å². The molecule has 9 heteroatoms. The number of nitrogens with one attached hydrogen (secondary N) is 2. The molecule has 0 aliphatic carbocycles. The molecule has 3 rings (SSSR count). The highest BCUT2D eigenvalue weighted by atomic mass is 32.1. The highest BCUT2D eigenvalue weighted by Gasteiger charge is 2.09. The Kier molecular flexibility index (Phi) is 3.25. The van der Waals surface area contributed by atoms with E-state index < -0.39 is 5.97 Å². The van der Waals surface area contributed by atoms with Crippen molar-refractivity contribution in [3.8, 4) is 0 Å². The van der Waals surface area contributed by atoms with Gasteiger partial charge in [0.1, 0.15) is 11.8 Å². The fourth-order valence-electron chi connectivity index (χ4n) is 1.71. The number of hydrogen-bond acceptors (Lipinski definition) is 7. The quantitative estimate of drug-likeness (QED) is 0.645. The Bertz CT molecular complexity index is 752. The Labute approximate surface area is 116 Å². The number of aromatic carboxylic acids is 1. The van der Waals surface area contributed by atoms with Crippen LogP contribution in [0.3, 0.4) is 0 Å². The van der Waals surface area contributed by atoms with Gasteiger partial charge in [0.05, 0.1) is 11.3 Å². The number of carboxylic acid groups (broad SMARTS) is 1. The number of hydrogen-bond donors (Lipinski definition) is 3. The summed E-state index contributed by atoms with van der Waals surface area (Å²) in [6, 6.07) is 0. The van der Waals surface area contributed by atoms with Gasteiger partial charge in [-0.25, -0.2) is 24.7 Å². The molecule has 0 fully saturated rings. The molecule has 20 heavy (non-hydrogen) atoms. The van der Waals surface area contributed by atoms with E-state index in [1.54, 1.807) is 6.33 Å². The molecule has 0 amide bonds. The maximum atomic E-state index is 10.7. The lowest BCUT2D eigenvalue weighted by molar-refractivity contribution is 0.0691. The lowest BCUT2D eigenvalue weighted by atomic mass is 10.4. The average Bonchev–Trinajstić information content (AvgIpc) is 3.07. The van der Waals surface area contributed by atoms with Crippen LogP contribution in [0.25, 0.3) is 11.2 Å². The van der Waals surface area contributed by atoms with Crippen molar-refractivity contribution < 1.29 is 9.90 Å². The van der Waals surface area contributed by atoms with E-state index in [1.807, 2.05) is 0 Å². The van der Waals surface area contributed by atoms with E-state index in [9.17, 15) is 4.79 Å². The van der Waals surface area contributed by atoms with Crippen LogP contribution in [-0.2, 0) is 6.42 Å². The molecule has 0 atom stereocenters. The van der Waals surface area contributed by atoms with Crippen LogP contribution < -0.4 is 5.32 Å². The lowest BCUT2D eigenvalue weighted by Gasteiger charge is -2.04. The lowest BCUT2D eigenvalue weighted by Crippen LogP contribution is -2.07. The molecule has 0 saturated heterocycles. The van der Waals surface area contributed by atoms with Crippen molar-refractivity contribution in [3.05, 3.63) is 28.7 Å². The molecule has 0 saturated carbocycles. The first-order chi connectivity index (χ1) is 9.74. The summed E-state index contributed by atoms with van der Waals surface area (Å²) in [5, 5.41) is 14.3. The number of fused-ring (bicyclic) bond motifs is 1. The number of imidazole rings is 1. The zero-order chi connectivity index (χ0) is 13.9. The molecule has 0 bridgehead atoms. The third-order valence-electron chi connectivity index (χ3n) is 2.63. The standard InChI is InChI=1S/C11H10N6O2S/c18-11(19)6-3-20-7(17-6)1-2-12-9-8-10(14-4-13-8)16-5-15-9/h3-5H,1-2H2,(H,18,19)(H2,12,13,14,15,16).